The molecule has 0 fully saturated rings. The van der Waals surface area contributed by atoms with Gasteiger partial charge in [-0.25, -0.2) is 8.42 Å². The van der Waals surface area contributed by atoms with Crippen LogP contribution >= 0.6 is 0 Å². The molecule has 3 aromatic rings. The van der Waals surface area contributed by atoms with Crippen LogP contribution in [0.3, 0.4) is 0 Å². The number of aryl methyl sites for hydroxylation is 1. The van der Waals surface area contributed by atoms with Crippen LogP contribution < -0.4 is 9.86 Å². The number of aromatic amines is 1. The maximum Gasteiger partial charge on any atom is 0.253 e. The second-order valence-electron chi connectivity index (χ2n) is 5.82. The summed E-state index contributed by atoms with van der Waals surface area (Å²) in [4.78, 5) is 15.2. The lowest BCUT2D eigenvalue weighted by Crippen LogP contribution is -2.31. The molecule has 0 bridgehead atoms. The summed E-state index contributed by atoms with van der Waals surface area (Å²) < 4.78 is 25.6. The number of aromatic nitrogens is 1. The molecule has 0 aliphatic rings. The Labute approximate surface area is 140 Å². The highest BCUT2D eigenvalue weighted by molar-refractivity contribution is 7.92. The Bertz CT molecular complexity index is 1040. The first-order valence-corrected chi connectivity index (χ1v) is 9.35. The Balaban J connectivity index is 2.08. The highest BCUT2D eigenvalue weighted by Crippen LogP contribution is 2.20. The van der Waals surface area contributed by atoms with Gasteiger partial charge in [-0.3, -0.25) is 9.10 Å². The molecule has 5 nitrogen and oxygen atoms in total. The van der Waals surface area contributed by atoms with Crippen LogP contribution in [0, 0.1) is 6.92 Å². The molecule has 6 heteroatoms. The molecular formula is C18H18N2O3S. The van der Waals surface area contributed by atoms with E-state index in [2.05, 4.69) is 4.98 Å². The molecular weight excluding hydrogens is 324 g/mol. The van der Waals surface area contributed by atoms with Crippen LogP contribution in [0.15, 0.2) is 59.4 Å². The molecule has 0 unspecified atom stereocenters. The summed E-state index contributed by atoms with van der Waals surface area (Å²) in [5, 5.41) is 0.872. The molecule has 2 aromatic carbocycles. The van der Waals surface area contributed by atoms with Crippen molar-refractivity contribution in [3.63, 3.8) is 0 Å². The number of rotatable bonds is 4. The Kier molecular flexibility index (Phi) is 4.15. The van der Waals surface area contributed by atoms with Gasteiger partial charge in [0.05, 0.1) is 18.5 Å². The van der Waals surface area contributed by atoms with E-state index in [9.17, 15) is 13.2 Å². The molecule has 0 atom stereocenters. The molecule has 3 rings (SSSR count). The number of H-pyrrole nitrogens is 1. The number of hydrogen-bond donors (Lipinski definition) is 1. The average molecular weight is 342 g/mol. The van der Waals surface area contributed by atoms with Gasteiger partial charge in [0.25, 0.3) is 5.56 Å². The molecule has 0 aliphatic carbocycles. The third kappa shape index (κ3) is 3.33. The lowest BCUT2D eigenvalue weighted by molar-refractivity contribution is 0.596. The van der Waals surface area contributed by atoms with Crippen LogP contribution in [0.4, 0.5) is 5.69 Å². The minimum Gasteiger partial charge on any atom is -0.322 e. The molecule has 1 N–H and O–H groups in total. The molecule has 24 heavy (non-hydrogen) atoms. The molecule has 0 amide bonds. The van der Waals surface area contributed by atoms with E-state index in [0.29, 0.717) is 11.3 Å². The monoisotopic (exact) mass is 342 g/mol. The van der Waals surface area contributed by atoms with Crippen molar-refractivity contribution in [2.45, 2.75) is 13.5 Å². The fraction of sp³-hybridized carbons (Fsp3) is 0.167. The Morgan fingerprint density at radius 1 is 1.04 bits per heavy atom. The minimum atomic E-state index is -3.51. The molecule has 0 saturated carbocycles. The van der Waals surface area contributed by atoms with E-state index in [-0.39, 0.29) is 12.1 Å². The fourth-order valence-electron chi connectivity index (χ4n) is 2.63. The lowest BCUT2D eigenvalue weighted by atomic mass is 10.1. The summed E-state index contributed by atoms with van der Waals surface area (Å²) >= 11 is 0. The summed E-state index contributed by atoms with van der Waals surface area (Å²) in [5.74, 6) is 0. The van der Waals surface area contributed by atoms with Gasteiger partial charge in [-0.15, -0.1) is 0 Å². The first kappa shape index (κ1) is 16.3. The highest BCUT2D eigenvalue weighted by Gasteiger charge is 2.19. The standard InChI is InChI=1S/C18H18N2O3S/c1-13-8-9-14-11-15(18(21)19-17(14)10-13)12-20(24(2,22)23)16-6-4-3-5-7-16/h3-11H,12H2,1-2H3,(H,19,21). The van der Waals surface area contributed by atoms with Crippen molar-refractivity contribution in [2.24, 2.45) is 0 Å². The van der Waals surface area contributed by atoms with Crippen LogP contribution in [0.25, 0.3) is 10.9 Å². The minimum absolute atomic E-state index is 0.0119. The summed E-state index contributed by atoms with van der Waals surface area (Å²) in [6, 6.07) is 16.3. The van der Waals surface area contributed by atoms with Gasteiger partial charge in [-0.05, 0) is 42.1 Å². The maximum atomic E-state index is 12.4. The molecule has 1 aromatic heterocycles. The molecule has 0 aliphatic heterocycles. The number of anilines is 1. The van der Waals surface area contributed by atoms with Crippen LogP contribution in [-0.4, -0.2) is 19.7 Å². The van der Waals surface area contributed by atoms with Gasteiger partial charge < -0.3 is 4.98 Å². The number of nitrogens with zero attached hydrogens (tertiary/aromatic N) is 1. The Hall–Kier alpha value is -2.60. The molecule has 1 heterocycles. The zero-order valence-corrected chi connectivity index (χ0v) is 14.3. The summed E-state index contributed by atoms with van der Waals surface area (Å²) in [6.45, 7) is 1.94. The van der Waals surface area contributed by atoms with Gasteiger partial charge in [0, 0.05) is 11.1 Å². The molecule has 124 valence electrons. The van der Waals surface area contributed by atoms with Crippen LogP contribution in [-0.2, 0) is 16.6 Å². The van der Waals surface area contributed by atoms with Gasteiger partial charge in [0.15, 0.2) is 0 Å². The van der Waals surface area contributed by atoms with Gasteiger partial charge >= 0.3 is 0 Å². The summed E-state index contributed by atoms with van der Waals surface area (Å²) in [6.07, 6.45) is 1.14. The number of benzene rings is 2. The van der Waals surface area contributed by atoms with Crippen LogP contribution in [0.2, 0.25) is 0 Å². The quantitative estimate of drug-likeness (QED) is 0.792. The first-order valence-electron chi connectivity index (χ1n) is 7.50. The largest absolute Gasteiger partial charge is 0.322 e. The number of pyridine rings is 1. The van der Waals surface area contributed by atoms with Crippen LogP contribution in [0.1, 0.15) is 11.1 Å². The van der Waals surface area contributed by atoms with E-state index < -0.39 is 10.0 Å². The third-order valence-corrected chi connectivity index (χ3v) is 4.98. The van der Waals surface area contributed by atoms with E-state index >= 15 is 0 Å². The highest BCUT2D eigenvalue weighted by atomic mass is 32.2. The summed E-state index contributed by atoms with van der Waals surface area (Å²) in [7, 11) is -3.51. The summed E-state index contributed by atoms with van der Waals surface area (Å²) in [5.41, 5.74) is 2.45. The van der Waals surface area contributed by atoms with E-state index in [4.69, 9.17) is 0 Å². The normalized spacial score (nSPS) is 11.6. The van der Waals surface area contributed by atoms with E-state index in [1.54, 1.807) is 30.3 Å². The third-order valence-electron chi connectivity index (χ3n) is 3.84. The smallest absolute Gasteiger partial charge is 0.253 e. The Morgan fingerprint density at radius 2 is 1.75 bits per heavy atom. The Morgan fingerprint density at radius 3 is 2.42 bits per heavy atom. The first-order chi connectivity index (χ1) is 11.3. The van der Waals surface area contributed by atoms with Crippen molar-refractivity contribution in [3.05, 3.63) is 76.1 Å². The van der Waals surface area contributed by atoms with E-state index in [1.807, 2.05) is 31.2 Å². The van der Waals surface area contributed by atoms with Crippen molar-refractivity contribution in [1.82, 2.24) is 4.98 Å². The molecule has 0 radical (unpaired) electrons. The second kappa shape index (κ2) is 6.13. The lowest BCUT2D eigenvalue weighted by Gasteiger charge is -2.22. The maximum absolute atomic E-state index is 12.4. The number of nitrogens with one attached hydrogen (secondary N) is 1. The van der Waals surface area contributed by atoms with Crippen molar-refractivity contribution >= 4 is 26.6 Å². The van der Waals surface area contributed by atoms with Crippen LogP contribution in [0.5, 0.6) is 0 Å². The predicted molar refractivity (Wildman–Crippen MR) is 96.8 cm³/mol. The fourth-order valence-corrected chi connectivity index (χ4v) is 3.50. The van der Waals surface area contributed by atoms with Gasteiger partial charge in [-0.1, -0.05) is 30.3 Å². The zero-order chi connectivity index (χ0) is 17.3. The van der Waals surface area contributed by atoms with Crippen molar-refractivity contribution in [3.8, 4) is 0 Å². The number of fused-ring (bicyclic) bond motifs is 1. The predicted octanol–water partition coefficient (Wildman–Crippen LogP) is 2.80. The van der Waals surface area contributed by atoms with Gasteiger partial charge in [0.2, 0.25) is 10.0 Å². The number of para-hydroxylation sites is 1. The van der Waals surface area contributed by atoms with Crippen molar-refractivity contribution in [2.75, 3.05) is 10.6 Å². The topological polar surface area (TPSA) is 70.2 Å². The van der Waals surface area contributed by atoms with Gasteiger partial charge in [0.1, 0.15) is 0 Å². The average Bonchev–Trinajstić information content (AvgIpc) is 2.52. The molecule has 0 spiro atoms. The van der Waals surface area contributed by atoms with E-state index in [0.717, 1.165) is 22.7 Å². The van der Waals surface area contributed by atoms with Gasteiger partial charge in [-0.2, -0.15) is 0 Å². The van der Waals surface area contributed by atoms with Crippen molar-refractivity contribution < 1.29 is 8.42 Å². The number of sulfonamides is 1. The number of hydrogen-bond acceptors (Lipinski definition) is 3. The SMILES string of the molecule is Cc1ccc2cc(CN(c3ccccc3)S(C)(=O)=O)c(=O)[nH]c2c1. The van der Waals surface area contributed by atoms with Crippen molar-refractivity contribution in [1.29, 1.82) is 0 Å². The van der Waals surface area contributed by atoms with E-state index in [1.165, 1.54) is 4.31 Å². The molecule has 0 saturated heterocycles. The second-order valence-corrected chi connectivity index (χ2v) is 7.73. The zero-order valence-electron chi connectivity index (χ0n) is 13.5.